The molecule has 0 bridgehead atoms. The summed E-state index contributed by atoms with van der Waals surface area (Å²) in [7, 11) is 0. The maximum atomic E-state index is 11.2. The topological polar surface area (TPSA) is 79.6 Å². The van der Waals surface area contributed by atoms with Gasteiger partial charge in [0.2, 0.25) is 0 Å². The van der Waals surface area contributed by atoms with Gasteiger partial charge in [0, 0.05) is 0 Å². The van der Waals surface area contributed by atoms with Gasteiger partial charge < -0.3 is 14.3 Å². The van der Waals surface area contributed by atoms with E-state index >= 15 is 0 Å². The first-order valence-corrected chi connectivity index (χ1v) is 4.28. The molecule has 16 heavy (non-hydrogen) atoms. The van der Waals surface area contributed by atoms with Gasteiger partial charge in [0.05, 0.1) is 12.9 Å². The van der Waals surface area contributed by atoms with Crippen molar-refractivity contribution in [1.29, 1.82) is 0 Å². The fourth-order valence-corrected chi connectivity index (χ4v) is 0.870. The molecule has 0 aliphatic heterocycles. The van der Waals surface area contributed by atoms with Crippen LogP contribution in [0.4, 0.5) is 0 Å². The number of esters is 1. The zero-order valence-corrected chi connectivity index (χ0v) is 11.1. The number of hydrogen-bond acceptors (Lipinski definition) is 5. The van der Waals surface area contributed by atoms with E-state index in [2.05, 4.69) is 4.74 Å². The van der Waals surface area contributed by atoms with Gasteiger partial charge in [-0.15, -0.1) is 0 Å². The zero-order valence-electron chi connectivity index (χ0n) is 9.06. The van der Waals surface area contributed by atoms with E-state index in [1.165, 1.54) is 18.4 Å². The zero-order chi connectivity index (χ0) is 11.3. The smallest absolute Gasteiger partial charge is 0.870 e. The molecule has 0 saturated carbocycles. The number of ether oxygens (including phenoxy) is 1. The Labute approximate surface area is 114 Å². The molecule has 0 amide bonds. The molecular formula is C10H9NaO5. The van der Waals surface area contributed by atoms with Crippen molar-refractivity contribution in [3.05, 3.63) is 30.2 Å². The van der Waals surface area contributed by atoms with Gasteiger partial charge in [-0.25, -0.2) is 4.79 Å². The summed E-state index contributed by atoms with van der Waals surface area (Å²) < 4.78 is 9.17. The summed E-state index contributed by atoms with van der Waals surface area (Å²) in [6.07, 6.45) is 1.95. The average molecular weight is 232 g/mol. The summed E-state index contributed by atoms with van der Waals surface area (Å²) >= 11 is 0. The minimum Gasteiger partial charge on any atom is -0.870 e. The second-order valence-corrected chi connectivity index (χ2v) is 2.57. The molecule has 80 valence electrons. The van der Waals surface area contributed by atoms with Crippen molar-refractivity contribution in [2.45, 2.75) is 6.92 Å². The largest absolute Gasteiger partial charge is 1.00 e. The molecule has 0 spiro atoms. The molecule has 0 aromatic carbocycles. The van der Waals surface area contributed by atoms with Crippen LogP contribution in [-0.4, -0.2) is 18.4 Å². The van der Waals surface area contributed by atoms with Crippen molar-refractivity contribution >= 4 is 17.5 Å². The molecule has 1 rings (SSSR count). The van der Waals surface area contributed by atoms with Gasteiger partial charge in [-0.2, -0.15) is 0 Å². The van der Waals surface area contributed by atoms with Gasteiger partial charge in [-0.1, -0.05) is 5.76 Å². The van der Waals surface area contributed by atoms with Crippen LogP contribution >= 0.6 is 0 Å². The van der Waals surface area contributed by atoms with Crippen LogP contribution in [0.5, 0.6) is 0 Å². The Morgan fingerprint density at radius 1 is 1.56 bits per heavy atom. The van der Waals surface area contributed by atoms with Crippen LogP contribution in [0.3, 0.4) is 0 Å². The van der Waals surface area contributed by atoms with Gasteiger partial charge in [0.15, 0.2) is 0 Å². The third-order valence-corrected chi connectivity index (χ3v) is 1.50. The molecule has 6 heteroatoms. The molecule has 0 N–H and O–H groups in total. The van der Waals surface area contributed by atoms with Crippen molar-refractivity contribution in [2.24, 2.45) is 0 Å². The monoisotopic (exact) mass is 232 g/mol. The second-order valence-electron chi connectivity index (χ2n) is 2.57. The standard InChI is InChI=1S/C10H10O5.Na/c1-2-14-10(13)8(12)6-7(11)9-4-3-5-15-9;/h3-6,11H,2H2,1H3;/q;+1/p-1/b7-6-;. The Morgan fingerprint density at radius 3 is 2.75 bits per heavy atom. The Balaban J connectivity index is 0.00000225. The molecule has 0 aliphatic carbocycles. The summed E-state index contributed by atoms with van der Waals surface area (Å²) in [6, 6.07) is 2.91. The Morgan fingerprint density at radius 2 is 2.25 bits per heavy atom. The van der Waals surface area contributed by atoms with Crippen LogP contribution in [0, 0.1) is 0 Å². The normalized spacial score (nSPS) is 10.4. The average Bonchev–Trinajstić information content (AvgIpc) is 2.70. The second kappa shape index (κ2) is 7.27. The van der Waals surface area contributed by atoms with E-state index in [0.717, 1.165) is 0 Å². The Bertz CT molecular complexity index is 380. The van der Waals surface area contributed by atoms with E-state index < -0.39 is 17.5 Å². The van der Waals surface area contributed by atoms with Crippen molar-refractivity contribution in [3.63, 3.8) is 0 Å². The van der Waals surface area contributed by atoms with Crippen molar-refractivity contribution in [2.75, 3.05) is 6.61 Å². The molecular weight excluding hydrogens is 223 g/mol. The quantitative estimate of drug-likeness (QED) is 0.183. The number of carbonyl (C=O) groups excluding carboxylic acids is 2. The first-order chi connectivity index (χ1) is 7.15. The van der Waals surface area contributed by atoms with E-state index in [1.54, 1.807) is 6.92 Å². The fourth-order valence-electron chi connectivity index (χ4n) is 0.870. The third kappa shape index (κ3) is 4.22. The molecule has 0 unspecified atom stereocenters. The molecule has 0 aliphatic rings. The molecule has 0 radical (unpaired) electrons. The molecule has 1 aromatic rings. The Hall–Kier alpha value is -1.04. The predicted molar refractivity (Wildman–Crippen MR) is 48.3 cm³/mol. The van der Waals surface area contributed by atoms with Crippen LogP contribution in [0.1, 0.15) is 12.7 Å². The van der Waals surface area contributed by atoms with E-state index in [1.807, 2.05) is 0 Å². The summed E-state index contributed by atoms with van der Waals surface area (Å²) in [6.45, 7) is 1.66. The number of hydrogen-bond donors (Lipinski definition) is 0. The SMILES string of the molecule is CCOC(=O)C(=O)/C=C(\[O-])c1ccco1.[Na+]. The maximum Gasteiger partial charge on any atom is 1.00 e. The molecule has 1 aromatic heterocycles. The number of furan rings is 1. The van der Waals surface area contributed by atoms with Crippen LogP contribution in [0.15, 0.2) is 28.9 Å². The third-order valence-electron chi connectivity index (χ3n) is 1.50. The molecule has 1 heterocycles. The molecule has 0 atom stereocenters. The predicted octanol–water partition coefficient (Wildman–Crippen LogP) is -2.88. The van der Waals surface area contributed by atoms with Crippen molar-refractivity contribution in [1.82, 2.24) is 0 Å². The molecule has 5 nitrogen and oxygen atoms in total. The van der Waals surface area contributed by atoms with Crippen LogP contribution in [-0.2, 0) is 14.3 Å². The van der Waals surface area contributed by atoms with Crippen LogP contribution < -0.4 is 34.7 Å². The van der Waals surface area contributed by atoms with E-state index in [0.29, 0.717) is 6.08 Å². The van der Waals surface area contributed by atoms with E-state index in [4.69, 9.17) is 4.42 Å². The number of rotatable bonds is 4. The van der Waals surface area contributed by atoms with Crippen molar-refractivity contribution in [3.8, 4) is 0 Å². The van der Waals surface area contributed by atoms with Gasteiger partial charge in [0.25, 0.3) is 5.78 Å². The summed E-state index contributed by atoms with van der Waals surface area (Å²) in [5.41, 5.74) is 0. The summed E-state index contributed by atoms with van der Waals surface area (Å²) in [4.78, 5) is 21.9. The maximum absolute atomic E-state index is 11.2. The van der Waals surface area contributed by atoms with E-state index in [9.17, 15) is 14.7 Å². The first kappa shape index (κ1) is 15.0. The van der Waals surface area contributed by atoms with Crippen molar-refractivity contribution < 1.29 is 53.4 Å². The van der Waals surface area contributed by atoms with Gasteiger partial charge in [-0.05, 0) is 25.1 Å². The minimum atomic E-state index is -1.04. The number of carbonyl (C=O) groups is 2. The fraction of sp³-hybridized carbons (Fsp3) is 0.200. The summed E-state index contributed by atoms with van der Waals surface area (Å²) in [5, 5.41) is 11.2. The number of ketones is 1. The molecule has 0 fully saturated rings. The van der Waals surface area contributed by atoms with Gasteiger partial charge >= 0.3 is 35.5 Å². The van der Waals surface area contributed by atoms with E-state index in [-0.39, 0.29) is 41.9 Å². The van der Waals surface area contributed by atoms with Crippen LogP contribution in [0.2, 0.25) is 0 Å². The van der Waals surface area contributed by atoms with Gasteiger partial charge in [-0.3, -0.25) is 4.79 Å². The minimum absolute atomic E-state index is 0. The van der Waals surface area contributed by atoms with Gasteiger partial charge in [0.1, 0.15) is 5.76 Å². The summed E-state index contributed by atoms with van der Waals surface area (Å²) in [5.74, 6) is -2.68. The Kier molecular flexibility index (Phi) is 6.80. The molecule has 0 saturated heterocycles. The first-order valence-electron chi connectivity index (χ1n) is 4.28. The van der Waals surface area contributed by atoms with Crippen LogP contribution in [0.25, 0.3) is 5.76 Å².